The van der Waals surface area contributed by atoms with E-state index in [0.717, 1.165) is 11.7 Å². The Morgan fingerprint density at radius 3 is 2.89 bits per heavy atom. The van der Waals surface area contributed by atoms with Crippen molar-refractivity contribution in [3.63, 3.8) is 0 Å². The third-order valence-electron chi connectivity index (χ3n) is 2.61. The summed E-state index contributed by atoms with van der Waals surface area (Å²) in [5.41, 5.74) is 1.02. The van der Waals surface area contributed by atoms with Crippen molar-refractivity contribution in [1.29, 1.82) is 0 Å². The van der Waals surface area contributed by atoms with Gasteiger partial charge in [0.15, 0.2) is 0 Å². The van der Waals surface area contributed by atoms with E-state index in [9.17, 15) is 8.42 Å². The first kappa shape index (κ1) is 13.3. The minimum Gasteiger partial charge on any atom is -0.316 e. The molecule has 1 aromatic heterocycles. The van der Waals surface area contributed by atoms with Crippen LogP contribution in [0.15, 0.2) is 23.1 Å². The lowest BCUT2D eigenvalue weighted by molar-refractivity contribution is 0.555. The van der Waals surface area contributed by atoms with Crippen molar-refractivity contribution >= 4 is 32.8 Å². The van der Waals surface area contributed by atoms with E-state index in [1.165, 1.54) is 6.07 Å². The number of nitrogens with one attached hydrogen (secondary N) is 2. The number of likely N-dealkylation sites (N-methyl/N-ethyl adjacent to an activating group) is 1. The topological polar surface area (TPSA) is 84.0 Å². The summed E-state index contributed by atoms with van der Waals surface area (Å²) in [5, 5.41) is 2.97. The summed E-state index contributed by atoms with van der Waals surface area (Å²) in [5.74, 6) is 0. The number of fused-ring (bicyclic) bond motifs is 1. The number of sulfonamides is 1. The van der Waals surface area contributed by atoms with Gasteiger partial charge in [0.05, 0.1) is 11.7 Å². The molecule has 1 heterocycles. The summed E-state index contributed by atoms with van der Waals surface area (Å²) < 4.78 is 34.9. The maximum Gasteiger partial charge on any atom is 0.242 e. The van der Waals surface area contributed by atoms with Crippen LogP contribution < -0.4 is 10.0 Å². The molecule has 1 unspecified atom stereocenters. The lowest BCUT2D eigenvalue weighted by Gasteiger charge is -2.11. The van der Waals surface area contributed by atoms with Crippen LogP contribution in [0.4, 0.5) is 0 Å². The molecule has 0 aliphatic heterocycles. The van der Waals surface area contributed by atoms with Crippen LogP contribution in [-0.2, 0) is 10.0 Å². The number of hydrogen-bond donors (Lipinski definition) is 2. The first-order valence-corrected chi connectivity index (χ1v) is 7.64. The maximum atomic E-state index is 12.2. The van der Waals surface area contributed by atoms with E-state index in [1.54, 1.807) is 19.2 Å². The van der Waals surface area contributed by atoms with Crippen molar-refractivity contribution in [2.24, 2.45) is 0 Å². The van der Waals surface area contributed by atoms with Gasteiger partial charge >= 0.3 is 0 Å². The Morgan fingerprint density at radius 1 is 1.39 bits per heavy atom. The molecule has 0 aliphatic rings. The van der Waals surface area contributed by atoms with E-state index >= 15 is 0 Å². The highest BCUT2D eigenvalue weighted by Gasteiger charge is 2.19. The zero-order valence-corrected chi connectivity index (χ0v) is 11.7. The third kappa shape index (κ3) is 2.66. The molecule has 18 heavy (non-hydrogen) atoms. The van der Waals surface area contributed by atoms with E-state index < -0.39 is 10.0 Å². The number of nitrogens with zero attached hydrogens (tertiary/aromatic N) is 2. The van der Waals surface area contributed by atoms with Gasteiger partial charge in [0.25, 0.3) is 0 Å². The van der Waals surface area contributed by atoms with E-state index in [2.05, 4.69) is 18.8 Å². The molecule has 98 valence electrons. The SMILES string of the molecule is CNC(C)CNS(=O)(=O)c1cccc2nsnc12. The van der Waals surface area contributed by atoms with Crippen molar-refractivity contribution in [1.82, 2.24) is 18.8 Å². The van der Waals surface area contributed by atoms with Gasteiger partial charge in [-0.1, -0.05) is 6.07 Å². The van der Waals surface area contributed by atoms with Crippen LogP contribution in [0.1, 0.15) is 6.92 Å². The number of hydrogen-bond acceptors (Lipinski definition) is 6. The molecule has 0 bridgehead atoms. The van der Waals surface area contributed by atoms with Crippen LogP contribution in [0, 0.1) is 0 Å². The molecule has 0 spiro atoms. The highest BCUT2D eigenvalue weighted by Crippen LogP contribution is 2.20. The standard InChI is InChI=1S/C10H14N4O2S2/c1-7(11-2)6-12-18(15,16)9-5-3-4-8-10(9)14-17-13-8/h3-5,7,11-12H,6H2,1-2H3. The lowest BCUT2D eigenvalue weighted by Crippen LogP contribution is -2.37. The Hall–Kier alpha value is -1.09. The highest BCUT2D eigenvalue weighted by molar-refractivity contribution is 7.89. The molecule has 0 saturated heterocycles. The molecule has 8 heteroatoms. The zero-order valence-electron chi connectivity index (χ0n) is 10.0. The fourth-order valence-electron chi connectivity index (χ4n) is 1.41. The maximum absolute atomic E-state index is 12.2. The Morgan fingerprint density at radius 2 is 2.17 bits per heavy atom. The minimum absolute atomic E-state index is 0.0625. The Bertz CT molecular complexity index is 638. The first-order valence-electron chi connectivity index (χ1n) is 5.43. The number of benzene rings is 1. The van der Waals surface area contributed by atoms with Crippen molar-refractivity contribution in [3.05, 3.63) is 18.2 Å². The van der Waals surface area contributed by atoms with Crippen LogP contribution in [-0.4, -0.2) is 36.8 Å². The summed E-state index contributed by atoms with van der Waals surface area (Å²) in [6, 6.07) is 5.01. The van der Waals surface area contributed by atoms with Gasteiger partial charge in [-0.15, -0.1) is 0 Å². The van der Waals surface area contributed by atoms with Gasteiger partial charge in [-0.25, -0.2) is 13.1 Å². The second-order valence-corrected chi connectivity index (χ2v) is 6.19. The molecule has 2 N–H and O–H groups in total. The smallest absolute Gasteiger partial charge is 0.242 e. The molecule has 6 nitrogen and oxygen atoms in total. The Kier molecular flexibility index (Phi) is 3.91. The van der Waals surface area contributed by atoms with Crippen LogP contribution in [0.25, 0.3) is 11.0 Å². The van der Waals surface area contributed by atoms with Crippen LogP contribution in [0.2, 0.25) is 0 Å². The third-order valence-corrected chi connectivity index (χ3v) is 4.61. The van der Waals surface area contributed by atoms with Crippen molar-refractivity contribution in [3.8, 4) is 0 Å². The van der Waals surface area contributed by atoms with Crippen LogP contribution in [0.3, 0.4) is 0 Å². The van der Waals surface area contributed by atoms with Gasteiger partial charge in [-0.05, 0) is 26.1 Å². The second kappa shape index (κ2) is 5.27. The van der Waals surface area contributed by atoms with Gasteiger partial charge in [-0.2, -0.15) is 8.75 Å². The zero-order chi connectivity index (χ0) is 13.2. The minimum atomic E-state index is -3.55. The quantitative estimate of drug-likeness (QED) is 0.840. The van der Waals surface area contributed by atoms with E-state index in [1.807, 2.05) is 6.92 Å². The Balaban J connectivity index is 2.32. The summed E-state index contributed by atoms with van der Waals surface area (Å²) >= 11 is 1.01. The van der Waals surface area contributed by atoms with Crippen molar-refractivity contribution in [2.75, 3.05) is 13.6 Å². The lowest BCUT2D eigenvalue weighted by atomic mass is 10.3. The molecule has 0 saturated carbocycles. The molecular formula is C10H14N4O2S2. The Labute approximate surface area is 110 Å². The van der Waals surface area contributed by atoms with Gasteiger partial charge in [0.2, 0.25) is 10.0 Å². The molecule has 1 atom stereocenters. The summed E-state index contributed by atoms with van der Waals surface area (Å²) in [7, 11) is -1.77. The van der Waals surface area contributed by atoms with Gasteiger partial charge in [0, 0.05) is 12.6 Å². The normalized spacial score (nSPS) is 13.9. The second-order valence-electron chi connectivity index (χ2n) is 3.93. The van der Waals surface area contributed by atoms with Gasteiger partial charge in [0.1, 0.15) is 15.9 Å². The molecule has 0 amide bonds. The monoisotopic (exact) mass is 286 g/mol. The summed E-state index contributed by atoms with van der Waals surface area (Å²) in [6.07, 6.45) is 0. The van der Waals surface area contributed by atoms with Crippen LogP contribution in [0.5, 0.6) is 0 Å². The predicted octanol–water partition coefficient (Wildman–Crippen LogP) is 0.577. The molecule has 0 aliphatic carbocycles. The number of aromatic nitrogens is 2. The molecule has 2 aromatic rings. The largest absolute Gasteiger partial charge is 0.316 e. The molecular weight excluding hydrogens is 272 g/mol. The van der Waals surface area contributed by atoms with E-state index in [4.69, 9.17) is 0 Å². The number of rotatable bonds is 5. The fraction of sp³-hybridized carbons (Fsp3) is 0.400. The average molecular weight is 286 g/mol. The van der Waals surface area contributed by atoms with E-state index in [0.29, 0.717) is 17.6 Å². The van der Waals surface area contributed by atoms with Gasteiger partial charge in [-0.3, -0.25) is 0 Å². The fourth-order valence-corrected chi connectivity index (χ4v) is 3.31. The van der Waals surface area contributed by atoms with Crippen molar-refractivity contribution < 1.29 is 8.42 Å². The highest BCUT2D eigenvalue weighted by atomic mass is 32.2. The van der Waals surface area contributed by atoms with Crippen LogP contribution >= 0.6 is 11.7 Å². The molecule has 0 fully saturated rings. The first-order chi connectivity index (χ1) is 8.54. The van der Waals surface area contributed by atoms with Crippen molar-refractivity contribution in [2.45, 2.75) is 17.9 Å². The van der Waals surface area contributed by atoms with E-state index in [-0.39, 0.29) is 10.9 Å². The molecule has 1 aromatic carbocycles. The average Bonchev–Trinajstić information content (AvgIpc) is 2.83. The molecule has 0 radical (unpaired) electrons. The molecule has 2 rings (SSSR count). The van der Waals surface area contributed by atoms with Gasteiger partial charge < -0.3 is 5.32 Å². The summed E-state index contributed by atoms with van der Waals surface area (Å²) in [4.78, 5) is 0.178. The summed E-state index contributed by atoms with van der Waals surface area (Å²) in [6.45, 7) is 2.22. The predicted molar refractivity (Wildman–Crippen MR) is 71.1 cm³/mol.